The first-order valence-electron chi connectivity index (χ1n) is 8.83. The van der Waals surface area contributed by atoms with Gasteiger partial charge >= 0.3 is 0 Å². The van der Waals surface area contributed by atoms with Gasteiger partial charge in [0.05, 0.1) is 10.9 Å². The van der Waals surface area contributed by atoms with Crippen molar-refractivity contribution in [3.8, 4) is 0 Å². The molecule has 0 saturated carbocycles. The number of aromatic nitrogens is 3. The van der Waals surface area contributed by atoms with Crippen LogP contribution in [0.2, 0.25) is 0 Å². The van der Waals surface area contributed by atoms with Gasteiger partial charge in [-0.2, -0.15) is 0 Å². The van der Waals surface area contributed by atoms with Crippen molar-refractivity contribution in [2.24, 2.45) is 0 Å². The highest BCUT2D eigenvalue weighted by molar-refractivity contribution is 6.14. The van der Waals surface area contributed by atoms with E-state index in [1.807, 2.05) is 28.8 Å². The van der Waals surface area contributed by atoms with E-state index in [-0.39, 0.29) is 11.4 Å². The third kappa shape index (κ3) is 3.40. The normalized spacial score (nSPS) is 11.7. The van der Waals surface area contributed by atoms with Gasteiger partial charge in [-0.05, 0) is 44.9 Å². The number of nitrogen functional groups attached to an aromatic ring is 1. The van der Waals surface area contributed by atoms with Crippen LogP contribution >= 0.6 is 0 Å². The Morgan fingerprint density at radius 3 is 2.50 bits per heavy atom. The molecule has 6 nitrogen and oxygen atoms in total. The van der Waals surface area contributed by atoms with Crippen LogP contribution in [0.5, 0.6) is 0 Å². The lowest BCUT2D eigenvalue weighted by molar-refractivity contribution is 0.102. The molecule has 0 atom stereocenters. The fourth-order valence-corrected chi connectivity index (χ4v) is 3.01. The molecule has 3 rings (SSSR count). The number of aryl methyl sites for hydroxylation is 1. The lowest BCUT2D eigenvalue weighted by Gasteiger charge is -2.21. The lowest BCUT2D eigenvalue weighted by Crippen LogP contribution is -2.21. The highest BCUT2D eigenvalue weighted by Crippen LogP contribution is 2.29. The van der Waals surface area contributed by atoms with Gasteiger partial charge in [0.25, 0.3) is 5.91 Å². The maximum atomic E-state index is 12.9. The maximum Gasteiger partial charge on any atom is 0.258 e. The molecule has 136 valence electrons. The van der Waals surface area contributed by atoms with E-state index in [2.05, 4.69) is 43.0 Å². The Labute approximate surface area is 153 Å². The minimum Gasteiger partial charge on any atom is -0.383 e. The van der Waals surface area contributed by atoms with E-state index in [0.29, 0.717) is 22.4 Å². The summed E-state index contributed by atoms with van der Waals surface area (Å²) in [4.78, 5) is 21.3. The number of hydrogen-bond donors (Lipinski definition) is 2. The number of carbonyl (C=O) groups is 1. The van der Waals surface area contributed by atoms with Crippen molar-refractivity contribution in [1.82, 2.24) is 14.5 Å². The number of fused-ring (bicyclic) bond motifs is 1. The topological polar surface area (TPSA) is 85.8 Å². The van der Waals surface area contributed by atoms with Crippen LogP contribution in [0.25, 0.3) is 11.0 Å². The Kier molecular flexibility index (Phi) is 4.68. The van der Waals surface area contributed by atoms with E-state index in [1.54, 1.807) is 6.20 Å². The summed E-state index contributed by atoms with van der Waals surface area (Å²) in [6.07, 6.45) is 5.35. The highest BCUT2D eigenvalue weighted by atomic mass is 16.1. The smallest absolute Gasteiger partial charge is 0.258 e. The molecular formula is C20H25N5O. The molecule has 0 bridgehead atoms. The fraction of sp³-hybridized carbons (Fsp3) is 0.350. The summed E-state index contributed by atoms with van der Waals surface area (Å²) < 4.78 is 1.96. The van der Waals surface area contributed by atoms with E-state index in [9.17, 15) is 4.79 Å². The molecule has 1 aromatic carbocycles. The van der Waals surface area contributed by atoms with Gasteiger partial charge in [-0.15, -0.1) is 0 Å². The summed E-state index contributed by atoms with van der Waals surface area (Å²) in [5.41, 5.74) is 8.96. The Morgan fingerprint density at radius 2 is 1.88 bits per heavy atom. The summed E-state index contributed by atoms with van der Waals surface area (Å²) in [5, 5.41) is 3.53. The number of anilines is 2. The van der Waals surface area contributed by atoms with Crippen LogP contribution in [-0.4, -0.2) is 20.4 Å². The van der Waals surface area contributed by atoms with Crippen molar-refractivity contribution >= 4 is 28.4 Å². The number of benzene rings is 1. The monoisotopic (exact) mass is 351 g/mol. The molecule has 0 saturated heterocycles. The predicted octanol–water partition coefficient (Wildman–Crippen LogP) is 3.97. The van der Waals surface area contributed by atoms with Crippen LogP contribution in [-0.2, 0) is 12.0 Å². The van der Waals surface area contributed by atoms with Crippen LogP contribution in [0.1, 0.15) is 50.0 Å². The van der Waals surface area contributed by atoms with Gasteiger partial charge in [0.1, 0.15) is 17.8 Å². The lowest BCUT2D eigenvalue weighted by atomic mass is 10.1. The number of nitrogens with zero attached hydrogens (tertiary/aromatic N) is 3. The van der Waals surface area contributed by atoms with Gasteiger partial charge < -0.3 is 15.6 Å². The summed E-state index contributed by atoms with van der Waals surface area (Å²) >= 11 is 0. The zero-order valence-electron chi connectivity index (χ0n) is 15.7. The van der Waals surface area contributed by atoms with E-state index >= 15 is 0 Å². The summed E-state index contributed by atoms with van der Waals surface area (Å²) in [7, 11) is 0. The van der Waals surface area contributed by atoms with Crippen LogP contribution in [0.3, 0.4) is 0 Å². The van der Waals surface area contributed by atoms with Crippen molar-refractivity contribution in [2.75, 3.05) is 11.1 Å². The molecule has 0 radical (unpaired) electrons. The standard InChI is InChI=1S/C20H25N5O/c1-5-6-13-7-9-14(10-8-13)24-19(26)15-11-25(20(2,3)4)18-16(15)17(21)22-12-23-18/h7-12H,5-6H2,1-4H3,(H,24,26)(H2,21,22,23). The number of nitrogens with one attached hydrogen (secondary N) is 1. The van der Waals surface area contributed by atoms with Gasteiger partial charge in [0.2, 0.25) is 0 Å². The highest BCUT2D eigenvalue weighted by Gasteiger charge is 2.24. The van der Waals surface area contributed by atoms with Gasteiger partial charge in [-0.1, -0.05) is 25.5 Å². The van der Waals surface area contributed by atoms with Crippen molar-refractivity contribution in [3.05, 3.63) is 47.9 Å². The number of hydrogen-bond acceptors (Lipinski definition) is 4. The first kappa shape index (κ1) is 17.9. The van der Waals surface area contributed by atoms with E-state index in [0.717, 1.165) is 18.5 Å². The van der Waals surface area contributed by atoms with Crippen LogP contribution < -0.4 is 11.1 Å². The molecule has 6 heteroatoms. The van der Waals surface area contributed by atoms with Crippen molar-refractivity contribution in [3.63, 3.8) is 0 Å². The second kappa shape index (κ2) is 6.78. The molecule has 3 aromatic rings. The largest absolute Gasteiger partial charge is 0.383 e. The second-order valence-electron chi connectivity index (χ2n) is 7.44. The fourth-order valence-electron chi connectivity index (χ4n) is 3.01. The number of carbonyl (C=O) groups excluding carboxylic acids is 1. The predicted molar refractivity (Wildman–Crippen MR) is 105 cm³/mol. The van der Waals surface area contributed by atoms with Gasteiger partial charge in [0.15, 0.2) is 0 Å². The second-order valence-corrected chi connectivity index (χ2v) is 7.44. The first-order valence-corrected chi connectivity index (χ1v) is 8.83. The van der Waals surface area contributed by atoms with E-state index in [1.165, 1.54) is 11.9 Å². The third-order valence-electron chi connectivity index (χ3n) is 4.33. The Balaban J connectivity index is 1.98. The first-order chi connectivity index (χ1) is 12.3. The molecule has 0 aliphatic heterocycles. The van der Waals surface area contributed by atoms with Gasteiger partial charge in [0, 0.05) is 17.4 Å². The molecule has 0 spiro atoms. The Hall–Kier alpha value is -2.89. The SMILES string of the molecule is CCCc1ccc(NC(=O)c2cn(C(C)(C)C)c3ncnc(N)c23)cc1. The summed E-state index contributed by atoms with van der Waals surface area (Å²) in [5.74, 6) is 0.0872. The average Bonchev–Trinajstić information content (AvgIpc) is 2.98. The minimum absolute atomic E-state index is 0.220. The maximum absolute atomic E-state index is 12.9. The van der Waals surface area contributed by atoms with Crippen molar-refractivity contribution < 1.29 is 4.79 Å². The number of rotatable bonds is 4. The molecule has 0 aliphatic carbocycles. The van der Waals surface area contributed by atoms with Crippen LogP contribution in [0.15, 0.2) is 36.8 Å². The van der Waals surface area contributed by atoms with Crippen molar-refractivity contribution in [2.45, 2.75) is 46.1 Å². The van der Waals surface area contributed by atoms with Crippen LogP contribution in [0, 0.1) is 0 Å². The molecule has 2 heterocycles. The number of nitrogens with two attached hydrogens (primary N) is 1. The molecule has 2 aromatic heterocycles. The summed E-state index contributed by atoms with van der Waals surface area (Å²) in [6, 6.07) is 7.92. The van der Waals surface area contributed by atoms with Crippen LogP contribution in [0.4, 0.5) is 11.5 Å². The molecule has 0 unspecified atom stereocenters. The Morgan fingerprint density at radius 1 is 1.19 bits per heavy atom. The average molecular weight is 351 g/mol. The summed E-state index contributed by atoms with van der Waals surface area (Å²) in [6.45, 7) is 8.31. The molecular weight excluding hydrogens is 326 g/mol. The van der Waals surface area contributed by atoms with Gasteiger partial charge in [-0.3, -0.25) is 4.79 Å². The van der Waals surface area contributed by atoms with Crippen molar-refractivity contribution in [1.29, 1.82) is 0 Å². The van der Waals surface area contributed by atoms with E-state index in [4.69, 9.17) is 5.73 Å². The molecule has 26 heavy (non-hydrogen) atoms. The zero-order chi connectivity index (χ0) is 18.9. The van der Waals surface area contributed by atoms with E-state index < -0.39 is 0 Å². The quantitative estimate of drug-likeness (QED) is 0.744. The molecule has 0 aliphatic rings. The molecule has 1 amide bonds. The molecule has 3 N–H and O–H groups in total. The third-order valence-corrected chi connectivity index (χ3v) is 4.33. The minimum atomic E-state index is -0.237. The zero-order valence-corrected chi connectivity index (χ0v) is 15.7. The van der Waals surface area contributed by atoms with Gasteiger partial charge in [-0.25, -0.2) is 9.97 Å². The molecule has 0 fully saturated rings. The Bertz CT molecular complexity index is 935. The number of amides is 1.